The van der Waals surface area contributed by atoms with Crippen LogP contribution < -0.4 is 5.32 Å². The Bertz CT molecular complexity index is 602. The van der Waals surface area contributed by atoms with E-state index in [1.165, 1.54) is 11.8 Å². The molecule has 1 saturated heterocycles. The summed E-state index contributed by atoms with van der Waals surface area (Å²) in [4.78, 5) is 0. The summed E-state index contributed by atoms with van der Waals surface area (Å²) in [6, 6.07) is 5.68. The van der Waals surface area contributed by atoms with Crippen molar-refractivity contribution in [2.24, 2.45) is 0 Å². The first-order chi connectivity index (χ1) is 9.72. The van der Waals surface area contributed by atoms with Gasteiger partial charge in [0, 0.05) is 15.8 Å². The van der Waals surface area contributed by atoms with Gasteiger partial charge >= 0.3 is 0 Å². The Balaban J connectivity index is 0.00000161. The zero-order valence-electron chi connectivity index (χ0n) is 11.0. The van der Waals surface area contributed by atoms with Gasteiger partial charge in [0.1, 0.15) is 0 Å². The number of aromatic nitrogens is 2. The van der Waals surface area contributed by atoms with Crippen molar-refractivity contribution >= 4 is 47.4 Å². The maximum atomic E-state index is 6.13. The molecule has 2 aromatic rings. The molecule has 1 atom stereocenters. The van der Waals surface area contributed by atoms with E-state index in [4.69, 9.17) is 27.6 Å². The van der Waals surface area contributed by atoms with Crippen LogP contribution in [-0.2, 0) is 5.75 Å². The standard InChI is InChI=1S/C13H13Cl2N3OS.ClH/c14-9-4-3-8(10(15)6-9)7-20-13-18-17-12(19-13)11-2-1-5-16-11;/h3-4,6,11,16H,1-2,5,7H2;1H. The second kappa shape index (κ2) is 7.70. The van der Waals surface area contributed by atoms with E-state index < -0.39 is 0 Å². The molecular formula is C13H14Cl3N3OS. The van der Waals surface area contributed by atoms with Crippen LogP contribution in [0.2, 0.25) is 10.0 Å². The van der Waals surface area contributed by atoms with E-state index in [2.05, 4.69) is 15.5 Å². The smallest absolute Gasteiger partial charge is 0.276 e. The molecule has 1 aromatic heterocycles. The molecule has 8 heteroatoms. The molecule has 4 nitrogen and oxygen atoms in total. The van der Waals surface area contributed by atoms with Crippen LogP contribution in [0.4, 0.5) is 0 Å². The van der Waals surface area contributed by atoms with Crippen molar-refractivity contribution in [1.82, 2.24) is 15.5 Å². The maximum absolute atomic E-state index is 6.13. The van der Waals surface area contributed by atoms with Crippen molar-refractivity contribution in [1.29, 1.82) is 0 Å². The third kappa shape index (κ3) is 4.27. The molecule has 0 radical (unpaired) electrons. The van der Waals surface area contributed by atoms with Gasteiger partial charge in [0.15, 0.2) is 0 Å². The molecule has 1 fully saturated rings. The van der Waals surface area contributed by atoms with Gasteiger partial charge in [0.2, 0.25) is 5.89 Å². The average molecular weight is 367 g/mol. The third-order valence-corrected chi connectivity index (χ3v) is 4.60. The summed E-state index contributed by atoms with van der Waals surface area (Å²) < 4.78 is 5.66. The topological polar surface area (TPSA) is 51.0 Å². The number of hydrogen-bond acceptors (Lipinski definition) is 5. The molecule has 114 valence electrons. The van der Waals surface area contributed by atoms with E-state index in [0.29, 0.717) is 26.9 Å². The molecule has 0 bridgehead atoms. The summed E-state index contributed by atoms with van der Waals surface area (Å²) >= 11 is 13.5. The molecule has 0 spiro atoms. The summed E-state index contributed by atoms with van der Waals surface area (Å²) in [5.41, 5.74) is 1.000. The van der Waals surface area contributed by atoms with Gasteiger partial charge in [-0.3, -0.25) is 0 Å². The minimum atomic E-state index is 0. The van der Waals surface area contributed by atoms with Gasteiger partial charge in [-0.2, -0.15) is 0 Å². The predicted octanol–water partition coefficient (Wildman–Crippen LogP) is 4.52. The van der Waals surface area contributed by atoms with Crippen LogP contribution in [0.1, 0.15) is 30.3 Å². The van der Waals surface area contributed by atoms with Crippen LogP contribution in [0.5, 0.6) is 0 Å². The van der Waals surface area contributed by atoms with Crippen molar-refractivity contribution < 1.29 is 4.42 Å². The number of nitrogens with one attached hydrogen (secondary N) is 1. The second-order valence-corrected chi connectivity index (χ2v) is 6.35. The fourth-order valence-electron chi connectivity index (χ4n) is 2.09. The molecule has 1 aliphatic heterocycles. The van der Waals surface area contributed by atoms with Gasteiger partial charge in [-0.05, 0) is 37.1 Å². The minimum Gasteiger partial charge on any atom is -0.414 e. The molecule has 1 aromatic carbocycles. The number of thioether (sulfide) groups is 1. The van der Waals surface area contributed by atoms with E-state index in [-0.39, 0.29) is 18.4 Å². The summed E-state index contributed by atoms with van der Waals surface area (Å²) in [5.74, 6) is 1.35. The lowest BCUT2D eigenvalue weighted by Crippen LogP contribution is -2.12. The molecule has 21 heavy (non-hydrogen) atoms. The lowest BCUT2D eigenvalue weighted by molar-refractivity contribution is 0.374. The highest BCUT2D eigenvalue weighted by Gasteiger charge is 2.22. The lowest BCUT2D eigenvalue weighted by atomic mass is 10.2. The molecule has 0 aliphatic carbocycles. The van der Waals surface area contributed by atoms with Crippen molar-refractivity contribution in [3.05, 3.63) is 39.7 Å². The zero-order chi connectivity index (χ0) is 13.9. The van der Waals surface area contributed by atoms with Gasteiger partial charge < -0.3 is 9.73 Å². The van der Waals surface area contributed by atoms with E-state index >= 15 is 0 Å². The van der Waals surface area contributed by atoms with Crippen LogP contribution in [-0.4, -0.2) is 16.7 Å². The van der Waals surface area contributed by atoms with Gasteiger partial charge in [-0.1, -0.05) is 41.0 Å². The fourth-order valence-corrected chi connectivity index (χ4v) is 3.42. The van der Waals surface area contributed by atoms with E-state index in [0.717, 1.165) is 24.9 Å². The predicted molar refractivity (Wildman–Crippen MR) is 87.5 cm³/mol. The van der Waals surface area contributed by atoms with E-state index in [1.54, 1.807) is 6.07 Å². The first kappa shape index (κ1) is 16.9. The van der Waals surface area contributed by atoms with Crippen LogP contribution >= 0.6 is 47.4 Å². The van der Waals surface area contributed by atoms with Crippen LogP contribution in [0, 0.1) is 0 Å². The first-order valence-electron chi connectivity index (χ1n) is 6.36. The molecule has 1 aliphatic rings. The Labute approximate surface area is 143 Å². The zero-order valence-corrected chi connectivity index (χ0v) is 14.2. The number of halogens is 3. The SMILES string of the molecule is Cl.Clc1ccc(CSc2nnc(C3CCCN3)o2)c(Cl)c1. The maximum Gasteiger partial charge on any atom is 0.276 e. The van der Waals surface area contributed by atoms with Crippen molar-refractivity contribution in [2.45, 2.75) is 29.9 Å². The minimum absolute atomic E-state index is 0. The summed E-state index contributed by atoms with van der Waals surface area (Å²) in [7, 11) is 0. The van der Waals surface area contributed by atoms with Crippen LogP contribution in [0.25, 0.3) is 0 Å². The number of nitrogens with zero attached hydrogens (tertiary/aromatic N) is 2. The number of benzene rings is 1. The highest BCUT2D eigenvalue weighted by atomic mass is 35.5. The van der Waals surface area contributed by atoms with Gasteiger partial charge in [-0.15, -0.1) is 22.6 Å². The number of hydrogen-bond donors (Lipinski definition) is 1. The molecule has 1 unspecified atom stereocenters. The van der Waals surface area contributed by atoms with Gasteiger partial charge in [0.25, 0.3) is 5.22 Å². The van der Waals surface area contributed by atoms with Crippen molar-refractivity contribution in [3.63, 3.8) is 0 Å². The average Bonchev–Trinajstić information content (AvgIpc) is 3.08. The second-order valence-electron chi connectivity index (χ2n) is 4.58. The van der Waals surface area contributed by atoms with Crippen LogP contribution in [0.15, 0.2) is 27.8 Å². The Hall–Kier alpha value is -0.460. The highest BCUT2D eigenvalue weighted by Crippen LogP contribution is 2.29. The lowest BCUT2D eigenvalue weighted by Gasteiger charge is -2.03. The van der Waals surface area contributed by atoms with Gasteiger partial charge in [-0.25, -0.2) is 0 Å². The summed E-state index contributed by atoms with van der Waals surface area (Å²) in [6.07, 6.45) is 2.20. The number of rotatable bonds is 4. The van der Waals surface area contributed by atoms with Gasteiger partial charge in [0.05, 0.1) is 6.04 Å². The Morgan fingerprint density at radius 2 is 2.19 bits per heavy atom. The molecule has 1 N–H and O–H groups in total. The third-order valence-electron chi connectivity index (χ3n) is 3.15. The van der Waals surface area contributed by atoms with Crippen LogP contribution in [0.3, 0.4) is 0 Å². The normalized spacial score (nSPS) is 17.7. The Morgan fingerprint density at radius 3 is 2.90 bits per heavy atom. The fraction of sp³-hybridized carbons (Fsp3) is 0.385. The highest BCUT2D eigenvalue weighted by molar-refractivity contribution is 7.98. The van der Waals surface area contributed by atoms with E-state index in [9.17, 15) is 0 Å². The molecule has 3 rings (SSSR count). The Morgan fingerprint density at radius 1 is 1.33 bits per heavy atom. The molecular weight excluding hydrogens is 353 g/mol. The van der Waals surface area contributed by atoms with Crippen molar-refractivity contribution in [2.75, 3.05) is 6.54 Å². The summed E-state index contributed by atoms with van der Waals surface area (Å²) in [6.45, 7) is 1.01. The molecule has 0 amide bonds. The van der Waals surface area contributed by atoms with E-state index in [1.807, 2.05) is 12.1 Å². The largest absolute Gasteiger partial charge is 0.414 e. The molecule has 0 saturated carbocycles. The first-order valence-corrected chi connectivity index (χ1v) is 8.10. The quantitative estimate of drug-likeness (QED) is 0.806. The summed E-state index contributed by atoms with van der Waals surface area (Å²) in [5, 5.41) is 13.3. The van der Waals surface area contributed by atoms with Crippen molar-refractivity contribution in [3.8, 4) is 0 Å². The monoisotopic (exact) mass is 365 g/mol. The Kier molecular flexibility index (Phi) is 6.20. The molecule has 2 heterocycles.